The van der Waals surface area contributed by atoms with Gasteiger partial charge in [-0.2, -0.15) is 0 Å². The maximum absolute atomic E-state index is 12.8. The van der Waals surface area contributed by atoms with E-state index in [9.17, 15) is 9.18 Å². The van der Waals surface area contributed by atoms with E-state index in [1.165, 1.54) is 31.4 Å². The molecular weight excluding hydrogens is 187 g/mol. The van der Waals surface area contributed by atoms with Crippen LogP contribution in [0, 0.1) is 5.82 Å². The molecule has 0 atom stereocenters. The monoisotopic (exact) mass is 194 g/mol. The van der Waals surface area contributed by atoms with Gasteiger partial charge in [-0.1, -0.05) is 0 Å². The quantitative estimate of drug-likeness (QED) is 0.654. The standard InChI is InChI=1S/C10H7FO3/c1-13-10(12)9-5-6-4-7(11)2-3-8(6)14-9/h2-5H,1H3. The van der Waals surface area contributed by atoms with E-state index < -0.39 is 5.97 Å². The molecule has 2 aromatic rings. The molecule has 0 bridgehead atoms. The van der Waals surface area contributed by atoms with Crippen LogP contribution in [0.3, 0.4) is 0 Å². The van der Waals surface area contributed by atoms with Crippen LogP contribution >= 0.6 is 0 Å². The Kier molecular flexibility index (Phi) is 1.96. The number of esters is 1. The fourth-order valence-electron chi connectivity index (χ4n) is 1.22. The van der Waals surface area contributed by atoms with Gasteiger partial charge in [0.25, 0.3) is 0 Å². The largest absolute Gasteiger partial charge is 0.463 e. The van der Waals surface area contributed by atoms with Crippen molar-refractivity contribution in [2.75, 3.05) is 7.11 Å². The summed E-state index contributed by atoms with van der Waals surface area (Å²) in [6, 6.07) is 5.49. The van der Waals surface area contributed by atoms with Crippen molar-refractivity contribution in [3.8, 4) is 0 Å². The minimum Gasteiger partial charge on any atom is -0.463 e. The highest BCUT2D eigenvalue weighted by molar-refractivity contribution is 5.92. The first-order valence-corrected chi connectivity index (χ1v) is 3.98. The average molecular weight is 194 g/mol. The van der Waals surface area contributed by atoms with Gasteiger partial charge in [0.15, 0.2) is 0 Å². The van der Waals surface area contributed by atoms with Crippen LogP contribution in [0.2, 0.25) is 0 Å². The van der Waals surface area contributed by atoms with Crippen molar-refractivity contribution in [3.05, 3.63) is 35.8 Å². The molecule has 14 heavy (non-hydrogen) atoms. The van der Waals surface area contributed by atoms with Crippen molar-refractivity contribution < 1.29 is 18.3 Å². The third-order valence-corrected chi connectivity index (χ3v) is 1.86. The number of hydrogen-bond acceptors (Lipinski definition) is 3. The van der Waals surface area contributed by atoms with Crippen LogP contribution in [-0.4, -0.2) is 13.1 Å². The zero-order chi connectivity index (χ0) is 10.1. The highest BCUT2D eigenvalue weighted by atomic mass is 19.1. The van der Waals surface area contributed by atoms with Gasteiger partial charge in [-0.25, -0.2) is 9.18 Å². The van der Waals surface area contributed by atoms with Crippen molar-refractivity contribution >= 4 is 16.9 Å². The maximum Gasteiger partial charge on any atom is 0.373 e. The molecule has 0 unspecified atom stereocenters. The number of carbonyl (C=O) groups excluding carboxylic acids is 1. The number of benzene rings is 1. The van der Waals surface area contributed by atoms with E-state index in [2.05, 4.69) is 4.74 Å². The summed E-state index contributed by atoms with van der Waals surface area (Å²) in [5, 5.41) is 0.547. The summed E-state index contributed by atoms with van der Waals surface area (Å²) in [4.78, 5) is 11.1. The molecule has 0 spiro atoms. The highest BCUT2D eigenvalue weighted by Crippen LogP contribution is 2.20. The summed E-state index contributed by atoms with van der Waals surface area (Å²) in [5.74, 6) is -0.857. The maximum atomic E-state index is 12.8. The number of furan rings is 1. The summed E-state index contributed by atoms with van der Waals surface area (Å²) in [6.45, 7) is 0. The number of fused-ring (bicyclic) bond motifs is 1. The number of carbonyl (C=O) groups is 1. The molecule has 0 aliphatic heterocycles. The number of rotatable bonds is 1. The van der Waals surface area contributed by atoms with Gasteiger partial charge in [0.1, 0.15) is 11.4 Å². The van der Waals surface area contributed by atoms with Gasteiger partial charge in [0.2, 0.25) is 5.76 Å². The number of hydrogen-bond donors (Lipinski definition) is 0. The molecular formula is C10H7FO3. The molecule has 0 fully saturated rings. The topological polar surface area (TPSA) is 39.4 Å². The molecule has 0 aliphatic carbocycles. The van der Waals surface area contributed by atoms with Crippen LogP contribution in [0.5, 0.6) is 0 Å². The lowest BCUT2D eigenvalue weighted by molar-refractivity contribution is 0.0567. The molecule has 0 saturated carbocycles. The molecule has 3 nitrogen and oxygen atoms in total. The van der Waals surface area contributed by atoms with Crippen molar-refractivity contribution in [2.24, 2.45) is 0 Å². The van der Waals surface area contributed by atoms with Crippen LogP contribution < -0.4 is 0 Å². The SMILES string of the molecule is COC(=O)c1cc2cc(F)ccc2o1. The van der Waals surface area contributed by atoms with Crippen molar-refractivity contribution in [1.82, 2.24) is 0 Å². The Hall–Kier alpha value is -1.84. The van der Waals surface area contributed by atoms with E-state index in [-0.39, 0.29) is 11.6 Å². The summed E-state index contributed by atoms with van der Waals surface area (Å²) >= 11 is 0. The Morgan fingerprint density at radius 3 is 2.93 bits per heavy atom. The molecule has 2 rings (SSSR count). The Morgan fingerprint density at radius 1 is 1.43 bits per heavy atom. The lowest BCUT2D eigenvalue weighted by Crippen LogP contribution is -1.97. The summed E-state index contributed by atoms with van der Waals surface area (Å²) in [5.41, 5.74) is 0.465. The first-order valence-electron chi connectivity index (χ1n) is 3.98. The van der Waals surface area contributed by atoms with Crippen LogP contribution in [0.4, 0.5) is 4.39 Å². The lowest BCUT2D eigenvalue weighted by Gasteiger charge is -1.90. The molecule has 1 aromatic heterocycles. The highest BCUT2D eigenvalue weighted by Gasteiger charge is 2.12. The number of ether oxygens (including phenoxy) is 1. The molecule has 0 saturated heterocycles. The summed E-state index contributed by atoms with van der Waals surface area (Å²) in [7, 11) is 1.26. The fraction of sp³-hybridized carbons (Fsp3) is 0.100. The predicted molar refractivity (Wildman–Crippen MR) is 47.5 cm³/mol. The van der Waals surface area contributed by atoms with Gasteiger partial charge in [-0.3, -0.25) is 0 Å². The molecule has 72 valence electrons. The predicted octanol–water partition coefficient (Wildman–Crippen LogP) is 2.36. The minimum atomic E-state index is -0.568. The number of methoxy groups -OCH3 is 1. The molecule has 0 N–H and O–H groups in total. The third kappa shape index (κ3) is 1.35. The van der Waals surface area contributed by atoms with Crippen molar-refractivity contribution in [1.29, 1.82) is 0 Å². The zero-order valence-corrected chi connectivity index (χ0v) is 7.41. The molecule has 1 aromatic carbocycles. The Labute approximate surface area is 79.1 Å². The smallest absolute Gasteiger partial charge is 0.373 e. The van der Waals surface area contributed by atoms with Crippen LogP contribution in [0.25, 0.3) is 11.0 Å². The minimum absolute atomic E-state index is 0.0769. The zero-order valence-electron chi connectivity index (χ0n) is 7.41. The Bertz CT molecular complexity index is 487. The second-order valence-corrected chi connectivity index (χ2v) is 2.78. The Morgan fingerprint density at radius 2 is 2.21 bits per heavy atom. The summed E-state index contributed by atoms with van der Waals surface area (Å²) < 4.78 is 22.4. The van der Waals surface area contributed by atoms with E-state index >= 15 is 0 Å². The molecule has 0 aliphatic rings. The molecule has 1 heterocycles. The van der Waals surface area contributed by atoms with Gasteiger partial charge in [0, 0.05) is 5.39 Å². The first kappa shape index (κ1) is 8.74. The van der Waals surface area contributed by atoms with Gasteiger partial charge in [-0.05, 0) is 24.3 Å². The number of halogens is 1. The van der Waals surface area contributed by atoms with Crippen LogP contribution in [0.1, 0.15) is 10.6 Å². The third-order valence-electron chi connectivity index (χ3n) is 1.86. The second kappa shape index (κ2) is 3.14. The average Bonchev–Trinajstić information content (AvgIpc) is 2.59. The Balaban J connectivity index is 2.56. The van der Waals surface area contributed by atoms with Crippen LogP contribution in [0.15, 0.2) is 28.7 Å². The molecule has 4 heteroatoms. The van der Waals surface area contributed by atoms with Gasteiger partial charge >= 0.3 is 5.97 Å². The van der Waals surface area contributed by atoms with Gasteiger partial charge < -0.3 is 9.15 Å². The van der Waals surface area contributed by atoms with E-state index in [1.807, 2.05) is 0 Å². The van der Waals surface area contributed by atoms with E-state index in [0.717, 1.165) is 0 Å². The van der Waals surface area contributed by atoms with Gasteiger partial charge in [-0.15, -0.1) is 0 Å². The molecule has 0 amide bonds. The van der Waals surface area contributed by atoms with E-state index in [0.29, 0.717) is 11.0 Å². The second-order valence-electron chi connectivity index (χ2n) is 2.78. The first-order chi connectivity index (χ1) is 6.70. The van der Waals surface area contributed by atoms with Crippen LogP contribution in [-0.2, 0) is 4.74 Å². The van der Waals surface area contributed by atoms with Gasteiger partial charge in [0.05, 0.1) is 7.11 Å². The lowest BCUT2D eigenvalue weighted by atomic mass is 10.2. The van der Waals surface area contributed by atoms with E-state index in [4.69, 9.17) is 4.42 Å². The van der Waals surface area contributed by atoms with Crippen molar-refractivity contribution in [2.45, 2.75) is 0 Å². The van der Waals surface area contributed by atoms with Crippen molar-refractivity contribution in [3.63, 3.8) is 0 Å². The summed E-state index contributed by atoms with van der Waals surface area (Å²) in [6.07, 6.45) is 0. The normalized spacial score (nSPS) is 10.4. The fourth-order valence-corrected chi connectivity index (χ4v) is 1.22. The van der Waals surface area contributed by atoms with E-state index in [1.54, 1.807) is 0 Å². The molecule has 0 radical (unpaired) electrons.